The van der Waals surface area contributed by atoms with Gasteiger partial charge in [-0.15, -0.1) is 0 Å². The Morgan fingerprint density at radius 2 is 2.33 bits per heavy atom. The zero-order valence-electron chi connectivity index (χ0n) is 13.3. The molecular weight excluding hydrogens is 306 g/mol. The van der Waals surface area contributed by atoms with Crippen LogP contribution in [0.15, 0.2) is 24.7 Å². The molecule has 124 valence electrons. The van der Waals surface area contributed by atoms with E-state index in [2.05, 4.69) is 38.1 Å². The van der Waals surface area contributed by atoms with Crippen LogP contribution >= 0.6 is 0 Å². The van der Waals surface area contributed by atoms with Crippen molar-refractivity contribution < 1.29 is 4.74 Å². The number of ether oxygens (including phenoxy) is 1. The fraction of sp³-hybridized carbons (Fsp3) is 0.438. The first-order valence-corrected chi connectivity index (χ1v) is 8.32. The molecule has 2 aliphatic heterocycles. The summed E-state index contributed by atoms with van der Waals surface area (Å²) in [5, 5.41) is 15.8. The molecule has 3 aromatic rings. The SMILES string of the molecule is c1nc2c(Nc3cc4n(n3)CCOC4)cc([C@@H]3CCNC3)cn2n1. The zero-order chi connectivity index (χ0) is 15.9. The Kier molecular flexibility index (Phi) is 3.24. The molecule has 0 radical (unpaired) electrons. The number of aromatic nitrogens is 5. The Labute approximate surface area is 138 Å². The molecule has 0 aromatic carbocycles. The summed E-state index contributed by atoms with van der Waals surface area (Å²) in [6.07, 6.45) is 4.82. The number of hydrogen-bond donors (Lipinski definition) is 2. The summed E-state index contributed by atoms with van der Waals surface area (Å²) in [7, 11) is 0. The highest BCUT2D eigenvalue weighted by atomic mass is 16.5. The molecule has 8 nitrogen and oxygen atoms in total. The molecule has 0 spiro atoms. The molecule has 1 atom stereocenters. The van der Waals surface area contributed by atoms with E-state index < -0.39 is 0 Å². The van der Waals surface area contributed by atoms with Crippen LogP contribution in [0.4, 0.5) is 11.5 Å². The first-order chi connectivity index (χ1) is 11.9. The van der Waals surface area contributed by atoms with Gasteiger partial charge >= 0.3 is 0 Å². The maximum absolute atomic E-state index is 5.48. The predicted octanol–water partition coefficient (Wildman–Crippen LogP) is 1.28. The Balaban J connectivity index is 1.52. The van der Waals surface area contributed by atoms with E-state index in [4.69, 9.17) is 4.74 Å². The molecule has 2 aliphatic rings. The third kappa shape index (κ3) is 2.35. The largest absolute Gasteiger partial charge is 0.373 e. The molecule has 3 aromatic heterocycles. The summed E-state index contributed by atoms with van der Waals surface area (Å²) in [6, 6.07) is 4.21. The smallest absolute Gasteiger partial charge is 0.178 e. The van der Waals surface area contributed by atoms with E-state index in [0.29, 0.717) is 19.1 Å². The lowest BCUT2D eigenvalue weighted by atomic mass is 10.00. The van der Waals surface area contributed by atoms with Gasteiger partial charge in [0, 0.05) is 18.8 Å². The van der Waals surface area contributed by atoms with Gasteiger partial charge in [0.05, 0.1) is 31.1 Å². The summed E-state index contributed by atoms with van der Waals surface area (Å²) in [5.41, 5.74) is 4.12. The highest BCUT2D eigenvalue weighted by molar-refractivity contribution is 5.73. The minimum absolute atomic E-state index is 0.516. The van der Waals surface area contributed by atoms with E-state index in [1.165, 1.54) is 5.56 Å². The van der Waals surface area contributed by atoms with Crippen molar-refractivity contribution in [1.82, 2.24) is 29.7 Å². The van der Waals surface area contributed by atoms with Crippen LogP contribution in [0, 0.1) is 0 Å². The maximum Gasteiger partial charge on any atom is 0.178 e. The van der Waals surface area contributed by atoms with Crippen molar-refractivity contribution in [1.29, 1.82) is 0 Å². The van der Waals surface area contributed by atoms with E-state index in [9.17, 15) is 0 Å². The predicted molar refractivity (Wildman–Crippen MR) is 88.4 cm³/mol. The van der Waals surface area contributed by atoms with Gasteiger partial charge in [0.25, 0.3) is 0 Å². The van der Waals surface area contributed by atoms with Crippen LogP contribution in [-0.4, -0.2) is 44.1 Å². The molecule has 2 N–H and O–H groups in total. The van der Waals surface area contributed by atoms with Crippen LogP contribution in [0.1, 0.15) is 23.6 Å². The Bertz CT molecular complexity index is 854. The van der Waals surface area contributed by atoms with Crippen LogP contribution in [0.2, 0.25) is 0 Å². The minimum Gasteiger partial charge on any atom is -0.373 e. The van der Waals surface area contributed by atoms with E-state index in [0.717, 1.165) is 48.9 Å². The topological polar surface area (TPSA) is 81.3 Å². The third-order valence-electron chi connectivity index (χ3n) is 4.75. The van der Waals surface area contributed by atoms with Gasteiger partial charge in [-0.05, 0) is 30.5 Å². The number of pyridine rings is 1. The molecule has 1 saturated heterocycles. The average molecular weight is 325 g/mol. The summed E-state index contributed by atoms with van der Waals surface area (Å²) in [5.74, 6) is 1.34. The van der Waals surface area contributed by atoms with Gasteiger partial charge in [0.15, 0.2) is 11.5 Å². The Hall–Kier alpha value is -2.45. The van der Waals surface area contributed by atoms with Gasteiger partial charge < -0.3 is 15.4 Å². The highest BCUT2D eigenvalue weighted by Gasteiger charge is 2.20. The van der Waals surface area contributed by atoms with Crippen molar-refractivity contribution in [2.75, 3.05) is 25.0 Å². The van der Waals surface area contributed by atoms with Gasteiger partial charge in [0.2, 0.25) is 0 Å². The van der Waals surface area contributed by atoms with Crippen molar-refractivity contribution in [2.45, 2.75) is 25.5 Å². The minimum atomic E-state index is 0.516. The molecule has 1 fully saturated rings. The van der Waals surface area contributed by atoms with Crippen molar-refractivity contribution in [2.24, 2.45) is 0 Å². The highest BCUT2D eigenvalue weighted by Crippen LogP contribution is 2.28. The lowest BCUT2D eigenvalue weighted by Crippen LogP contribution is -2.16. The van der Waals surface area contributed by atoms with Gasteiger partial charge in [-0.2, -0.15) is 10.2 Å². The van der Waals surface area contributed by atoms with Crippen LogP contribution in [-0.2, 0) is 17.9 Å². The molecule has 0 bridgehead atoms. The van der Waals surface area contributed by atoms with Gasteiger partial charge in [-0.25, -0.2) is 9.50 Å². The summed E-state index contributed by atoms with van der Waals surface area (Å²) in [6.45, 7) is 4.20. The standard InChI is InChI=1S/C16H19N7O/c1-2-17-7-11(1)12-5-14(16-18-10-19-23(16)8-12)20-15-6-13-9-24-4-3-22(13)21-15/h5-6,8,10-11,17H,1-4,7,9H2,(H,20,21)/t11-/m1/s1. The molecule has 0 saturated carbocycles. The maximum atomic E-state index is 5.48. The Morgan fingerprint density at radius 1 is 1.33 bits per heavy atom. The van der Waals surface area contributed by atoms with E-state index in [1.54, 1.807) is 6.33 Å². The van der Waals surface area contributed by atoms with Crippen LogP contribution in [0.25, 0.3) is 5.65 Å². The fourth-order valence-electron chi connectivity index (χ4n) is 3.49. The van der Waals surface area contributed by atoms with E-state index in [1.807, 2.05) is 15.3 Å². The Morgan fingerprint density at radius 3 is 3.21 bits per heavy atom. The summed E-state index contributed by atoms with van der Waals surface area (Å²) in [4.78, 5) is 4.38. The molecule has 5 rings (SSSR count). The number of rotatable bonds is 3. The van der Waals surface area contributed by atoms with Crippen molar-refractivity contribution in [3.63, 3.8) is 0 Å². The monoisotopic (exact) mass is 325 g/mol. The summed E-state index contributed by atoms with van der Waals surface area (Å²) >= 11 is 0. The normalized spacial score (nSPS) is 20.4. The van der Waals surface area contributed by atoms with Crippen LogP contribution in [0.5, 0.6) is 0 Å². The first kappa shape index (κ1) is 13.9. The van der Waals surface area contributed by atoms with Crippen LogP contribution < -0.4 is 10.6 Å². The van der Waals surface area contributed by atoms with Crippen molar-refractivity contribution in [3.05, 3.63) is 35.9 Å². The summed E-state index contributed by atoms with van der Waals surface area (Å²) < 4.78 is 9.32. The number of nitrogens with zero attached hydrogens (tertiary/aromatic N) is 5. The number of hydrogen-bond acceptors (Lipinski definition) is 6. The van der Waals surface area contributed by atoms with Crippen molar-refractivity contribution in [3.8, 4) is 0 Å². The van der Waals surface area contributed by atoms with E-state index in [-0.39, 0.29) is 0 Å². The second kappa shape index (κ2) is 5.57. The van der Waals surface area contributed by atoms with Crippen LogP contribution in [0.3, 0.4) is 0 Å². The van der Waals surface area contributed by atoms with Gasteiger partial charge in [-0.1, -0.05) is 0 Å². The fourth-order valence-corrected chi connectivity index (χ4v) is 3.49. The number of anilines is 2. The first-order valence-electron chi connectivity index (χ1n) is 8.32. The molecule has 8 heteroatoms. The second-order valence-corrected chi connectivity index (χ2v) is 6.33. The lowest BCUT2D eigenvalue weighted by molar-refractivity contribution is 0.0801. The molecular formula is C16H19N7O. The quantitative estimate of drug-likeness (QED) is 0.755. The molecule has 24 heavy (non-hydrogen) atoms. The lowest BCUT2D eigenvalue weighted by Gasteiger charge is -2.13. The molecule has 0 amide bonds. The zero-order valence-corrected chi connectivity index (χ0v) is 13.3. The third-order valence-corrected chi connectivity index (χ3v) is 4.75. The van der Waals surface area contributed by atoms with E-state index >= 15 is 0 Å². The molecule has 0 aliphatic carbocycles. The average Bonchev–Trinajstić information content (AvgIpc) is 3.34. The van der Waals surface area contributed by atoms with Gasteiger partial charge in [-0.3, -0.25) is 4.68 Å². The molecule has 0 unspecified atom stereocenters. The number of nitrogens with one attached hydrogen (secondary N) is 2. The molecule has 5 heterocycles. The second-order valence-electron chi connectivity index (χ2n) is 6.33. The number of fused-ring (bicyclic) bond motifs is 2. The van der Waals surface area contributed by atoms with Gasteiger partial charge in [0.1, 0.15) is 6.33 Å². The van der Waals surface area contributed by atoms with Crippen molar-refractivity contribution >= 4 is 17.2 Å².